The number of aromatic amines is 1. The van der Waals surface area contributed by atoms with Crippen molar-refractivity contribution in [1.29, 1.82) is 0 Å². The first-order valence-electron chi connectivity index (χ1n) is 9.71. The van der Waals surface area contributed by atoms with Crippen molar-refractivity contribution < 1.29 is 14.0 Å². The minimum absolute atomic E-state index is 0.182. The van der Waals surface area contributed by atoms with E-state index in [1.54, 1.807) is 29.4 Å². The summed E-state index contributed by atoms with van der Waals surface area (Å²) in [7, 11) is 1.52. The number of nitrogens with one attached hydrogen (secondary N) is 2. The average Bonchev–Trinajstić information content (AvgIpc) is 3.46. The highest BCUT2D eigenvalue weighted by molar-refractivity contribution is 5.92. The van der Waals surface area contributed by atoms with E-state index < -0.39 is 0 Å². The van der Waals surface area contributed by atoms with E-state index >= 15 is 0 Å². The first kappa shape index (κ1) is 19.6. The van der Waals surface area contributed by atoms with E-state index in [0.29, 0.717) is 31.1 Å². The van der Waals surface area contributed by atoms with E-state index in [1.165, 1.54) is 19.2 Å². The minimum atomic E-state index is -0.276. The number of carbonyl (C=O) groups excluding carboxylic acids is 2. The molecule has 4 rings (SSSR count). The zero-order chi connectivity index (χ0) is 21.1. The van der Waals surface area contributed by atoms with Gasteiger partial charge < -0.3 is 14.6 Å². The first-order valence-corrected chi connectivity index (χ1v) is 9.71. The van der Waals surface area contributed by atoms with Crippen LogP contribution in [0.1, 0.15) is 51.2 Å². The number of carbonyl (C=O) groups is 2. The molecule has 3 aromatic rings. The maximum atomic E-state index is 12.6. The minimum Gasteiger partial charge on any atom is -0.467 e. The molecule has 0 bridgehead atoms. The van der Waals surface area contributed by atoms with Gasteiger partial charge in [-0.05, 0) is 37.1 Å². The molecule has 1 aliphatic rings. The Bertz CT molecular complexity index is 1090. The van der Waals surface area contributed by atoms with Crippen molar-refractivity contribution in [2.45, 2.75) is 25.3 Å². The molecule has 0 unspecified atom stereocenters. The molecule has 2 amide bonds. The third-order valence-electron chi connectivity index (χ3n) is 5.24. The summed E-state index contributed by atoms with van der Waals surface area (Å²) in [5.74, 6) is 0.388. The van der Waals surface area contributed by atoms with Gasteiger partial charge in [0.25, 0.3) is 17.4 Å². The Morgan fingerprint density at radius 2 is 2.03 bits per heavy atom. The number of amides is 2. The van der Waals surface area contributed by atoms with Crippen LogP contribution < -0.4 is 10.9 Å². The van der Waals surface area contributed by atoms with E-state index in [2.05, 4.69) is 20.6 Å². The lowest BCUT2D eigenvalue weighted by atomic mass is 9.93. The van der Waals surface area contributed by atoms with Crippen LogP contribution in [0.3, 0.4) is 0 Å². The predicted molar refractivity (Wildman–Crippen MR) is 106 cm³/mol. The van der Waals surface area contributed by atoms with Crippen LogP contribution in [0.5, 0.6) is 0 Å². The quantitative estimate of drug-likeness (QED) is 0.647. The van der Waals surface area contributed by atoms with Crippen LogP contribution in [-0.2, 0) is 13.6 Å². The number of rotatable bonds is 5. The van der Waals surface area contributed by atoms with Gasteiger partial charge in [-0.2, -0.15) is 10.2 Å². The number of aryl methyl sites for hydroxylation is 1. The van der Waals surface area contributed by atoms with E-state index in [-0.39, 0.29) is 29.0 Å². The topological polar surface area (TPSA) is 126 Å². The summed E-state index contributed by atoms with van der Waals surface area (Å²) in [6.07, 6.45) is 3.04. The predicted octanol–water partition coefficient (Wildman–Crippen LogP) is 1.05. The molecule has 10 heteroatoms. The summed E-state index contributed by atoms with van der Waals surface area (Å²) in [4.78, 5) is 38.1. The molecule has 0 spiro atoms. The zero-order valence-electron chi connectivity index (χ0n) is 16.5. The number of H-pyrrole nitrogens is 1. The second kappa shape index (κ2) is 8.36. The van der Waals surface area contributed by atoms with Gasteiger partial charge in [-0.25, -0.2) is 4.68 Å². The molecule has 0 atom stereocenters. The molecule has 2 N–H and O–H groups in total. The molecular weight excluding hydrogens is 388 g/mol. The highest BCUT2D eigenvalue weighted by Gasteiger charge is 2.27. The SMILES string of the molecule is Cn1nc(C(=O)N2CCC(c3cc(C(=O)NCc4ccco4)n[nH]3)CC2)ccc1=O. The van der Waals surface area contributed by atoms with E-state index in [4.69, 9.17) is 4.42 Å². The third-order valence-corrected chi connectivity index (χ3v) is 5.24. The smallest absolute Gasteiger partial charge is 0.274 e. The summed E-state index contributed by atoms with van der Waals surface area (Å²) in [6.45, 7) is 1.42. The number of nitrogens with zero attached hydrogens (tertiary/aromatic N) is 4. The molecule has 1 aliphatic heterocycles. The number of piperidine rings is 1. The lowest BCUT2D eigenvalue weighted by Crippen LogP contribution is -2.39. The maximum absolute atomic E-state index is 12.6. The van der Waals surface area contributed by atoms with E-state index in [1.807, 2.05) is 0 Å². The van der Waals surface area contributed by atoms with Gasteiger partial charge in [-0.15, -0.1) is 0 Å². The fourth-order valence-corrected chi connectivity index (χ4v) is 3.51. The molecule has 10 nitrogen and oxygen atoms in total. The van der Waals surface area contributed by atoms with Crippen LogP contribution in [-0.4, -0.2) is 49.8 Å². The number of furan rings is 1. The summed E-state index contributed by atoms with van der Waals surface area (Å²) in [6, 6.07) is 8.11. The zero-order valence-corrected chi connectivity index (χ0v) is 16.5. The van der Waals surface area contributed by atoms with Crippen LogP contribution >= 0.6 is 0 Å². The van der Waals surface area contributed by atoms with Gasteiger partial charge in [0.15, 0.2) is 0 Å². The maximum Gasteiger partial charge on any atom is 0.274 e. The standard InChI is InChI=1S/C20H22N6O4/c1-25-18(27)5-4-15(24-25)20(29)26-8-6-13(7-9-26)16-11-17(23-22-16)19(28)21-12-14-3-2-10-30-14/h2-5,10-11,13H,6-9,12H2,1H3,(H,21,28)(H,22,23). The molecule has 30 heavy (non-hydrogen) atoms. The van der Waals surface area contributed by atoms with Gasteiger partial charge >= 0.3 is 0 Å². The van der Waals surface area contributed by atoms with Gasteiger partial charge in [0, 0.05) is 37.8 Å². The summed E-state index contributed by atoms with van der Waals surface area (Å²) in [5.41, 5.74) is 1.20. The fourth-order valence-electron chi connectivity index (χ4n) is 3.51. The number of hydrogen-bond donors (Lipinski definition) is 2. The lowest BCUT2D eigenvalue weighted by Gasteiger charge is -2.31. The van der Waals surface area contributed by atoms with Crippen LogP contribution in [0.15, 0.2) is 45.8 Å². The Kier molecular flexibility index (Phi) is 5.46. The molecule has 156 valence electrons. The molecule has 0 aromatic carbocycles. The molecule has 0 saturated carbocycles. The number of likely N-dealkylation sites (tertiary alicyclic amines) is 1. The first-order chi connectivity index (χ1) is 14.5. The summed E-state index contributed by atoms with van der Waals surface area (Å²) in [5, 5.41) is 13.9. The van der Waals surface area contributed by atoms with Gasteiger partial charge in [0.2, 0.25) is 0 Å². The second-order valence-electron chi connectivity index (χ2n) is 7.22. The summed E-state index contributed by atoms with van der Waals surface area (Å²) < 4.78 is 6.35. The molecule has 0 aliphatic carbocycles. The highest BCUT2D eigenvalue weighted by Crippen LogP contribution is 2.27. The van der Waals surface area contributed by atoms with Crippen molar-refractivity contribution in [2.24, 2.45) is 7.05 Å². The Morgan fingerprint density at radius 3 is 2.73 bits per heavy atom. The third kappa shape index (κ3) is 4.17. The largest absolute Gasteiger partial charge is 0.467 e. The van der Waals surface area contributed by atoms with Crippen molar-refractivity contribution in [2.75, 3.05) is 13.1 Å². The fraction of sp³-hybridized carbons (Fsp3) is 0.350. The monoisotopic (exact) mass is 410 g/mol. The van der Waals surface area contributed by atoms with Crippen molar-refractivity contribution in [3.05, 3.63) is 69.8 Å². The molecule has 1 saturated heterocycles. The molecule has 1 fully saturated rings. The van der Waals surface area contributed by atoms with Gasteiger partial charge in [0.1, 0.15) is 17.1 Å². The normalized spacial score (nSPS) is 14.6. The number of hydrogen-bond acceptors (Lipinski definition) is 6. The van der Waals surface area contributed by atoms with E-state index in [9.17, 15) is 14.4 Å². The van der Waals surface area contributed by atoms with Crippen molar-refractivity contribution >= 4 is 11.8 Å². The lowest BCUT2D eigenvalue weighted by molar-refractivity contribution is 0.0703. The Balaban J connectivity index is 1.33. The Labute approximate surface area is 171 Å². The van der Waals surface area contributed by atoms with Crippen molar-refractivity contribution in [3.8, 4) is 0 Å². The molecule has 4 heterocycles. The van der Waals surface area contributed by atoms with Crippen molar-refractivity contribution in [1.82, 2.24) is 30.2 Å². The highest BCUT2D eigenvalue weighted by atomic mass is 16.3. The summed E-state index contributed by atoms with van der Waals surface area (Å²) >= 11 is 0. The molecular formula is C20H22N6O4. The van der Waals surface area contributed by atoms with Crippen LogP contribution in [0, 0.1) is 0 Å². The van der Waals surface area contributed by atoms with Crippen LogP contribution in [0.25, 0.3) is 0 Å². The molecule has 3 aromatic heterocycles. The van der Waals surface area contributed by atoms with E-state index in [0.717, 1.165) is 23.2 Å². The Hall–Kier alpha value is -3.69. The molecule has 0 radical (unpaired) electrons. The van der Waals surface area contributed by atoms with Crippen LogP contribution in [0.4, 0.5) is 0 Å². The second-order valence-corrected chi connectivity index (χ2v) is 7.22. The number of aromatic nitrogens is 4. The Morgan fingerprint density at radius 1 is 1.23 bits per heavy atom. The van der Waals surface area contributed by atoms with Gasteiger partial charge in [-0.3, -0.25) is 19.5 Å². The van der Waals surface area contributed by atoms with Gasteiger partial charge in [0.05, 0.1) is 12.8 Å². The van der Waals surface area contributed by atoms with Crippen molar-refractivity contribution in [3.63, 3.8) is 0 Å². The van der Waals surface area contributed by atoms with Crippen LogP contribution in [0.2, 0.25) is 0 Å². The van der Waals surface area contributed by atoms with Gasteiger partial charge in [-0.1, -0.05) is 0 Å². The average molecular weight is 410 g/mol.